The molecule has 18 heavy (non-hydrogen) atoms. The number of halogens is 3. The Hall–Kier alpha value is -1.56. The highest BCUT2D eigenvalue weighted by Gasteiger charge is 2.37. The van der Waals surface area contributed by atoms with E-state index in [9.17, 15) is 23.1 Å². The second kappa shape index (κ2) is 4.28. The number of alkyl halides is 3. The number of hydrogen-bond donors (Lipinski definition) is 2. The summed E-state index contributed by atoms with van der Waals surface area (Å²) in [5, 5.41) is 12.5. The molecule has 98 valence electrons. The molecule has 1 atom stereocenters. The van der Waals surface area contributed by atoms with E-state index in [2.05, 4.69) is 5.32 Å². The highest BCUT2D eigenvalue weighted by atomic mass is 19.4. The first kappa shape index (κ1) is 12.9. The lowest BCUT2D eigenvalue weighted by atomic mass is 9.92. The smallest absolute Gasteiger partial charge is 0.367 e. The van der Waals surface area contributed by atoms with Crippen LogP contribution in [0.1, 0.15) is 30.4 Å². The summed E-state index contributed by atoms with van der Waals surface area (Å²) < 4.78 is 37.7. The zero-order chi connectivity index (χ0) is 13.4. The van der Waals surface area contributed by atoms with Gasteiger partial charge in [-0.05, 0) is 25.0 Å². The van der Waals surface area contributed by atoms with Crippen molar-refractivity contribution in [2.24, 2.45) is 0 Å². The van der Waals surface area contributed by atoms with Gasteiger partial charge in [0.25, 0.3) is 0 Å². The minimum atomic E-state index is -4.47. The van der Waals surface area contributed by atoms with Crippen molar-refractivity contribution < 1.29 is 23.1 Å². The number of aliphatic hydroxyl groups is 1. The maximum Gasteiger partial charge on any atom is 0.416 e. The van der Waals surface area contributed by atoms with E-state index in [1.807, 2.05) is 0 Å². The summed E-state index contributed by atoms with van der Waals surface area (Å²) in [7, 11) is 0. The normalized spacial score (nSPS) is 24.8. The first-order valence-electron chi connectivity index (χ1n) is 5.52. The SMILES string of the molecule is O=C1CCCC(O)(c2cccc(C(F)(F)F)c2)N1. The molecule has 0 saturated carbocycles. The van der Waals surface area contributed by atoms with E-state index < -0.39 is 17.5 Å². The highest BCUT2D eigenvalue weighted by Crippen LogP contribution is 2.34. The molecule has 1 aromatic carbocycles. The van der Waals surface area contributed by atoms with Crippen LogP contribution in [0.4, 0.5) is 13.2 Å². The average molecular weight is 259 g/mol. The molecule has 0 bridgehead atoms. The monoisotopic (exact) mass is 259 g/mol. The number of rotatable bonds is 1. The third-order valence-corrected chi connectivity index (χ3v) is 2.96. The molecule has 1 fully saturated rings. The van der Waals surface area contributed by atoms with E-state index in [1.165, 1.54) is 12.1 Å². The zero-order valence-electron chi connectivity index (χ0n) is 9.42. The summed E-state index contributed by atoms with van der Waals surface area (Å²) in [5.41, 5.74) is -2.48. The maximum atomic E-state index is 12.6. The molecule has 0 aromatic heterocycles. The summed E-state index contributed by atoms with van der Waals surface area (Å²) in [6, 6.07) is 4.39. The van der Waals surface area contributed by atoms with Gasteiger partial charge in [-0.15, -0.1) is 0 Å². The molecule has 1 heterocycles. The Bertz CT molecular complexity index is 473. The van der Waals surface area contributed by atoms with E-state index >= 15 is 0 Å². The molecule has 2 rings (SSSR count). The van der Waals surface area contributed by atoms with Gasteiger partial charge in [0.15, 0.2) is 5.72 Å². The van der Waals surface area contributed by atoms with E-state index in [1.54, 1.807) is 0 Å². The summed E-state index contributed by atoms with van der Waals surface area (Å²) >= 11 is 0. The van der Waals surface area contributed by atoms with Gasteiger partial charge < -0.3 is 10.4 Å². The fraction of sp³-hybridized carbons (Fsp3) is 0.417. The lowest BCUT2D eigenvalue weighted by Crippen LogP contribution is -2.48. The zero-order valence-corrected chi connectivity index (χ0v) is 9.42. The molecule has 6 heteroatoms. The Morgan fingerprint density at radius 1 is 1.33 bits per heavy atom. The predicted octanol–water partition coefficient (Wildman–Crippen LogP) is 2.15. The van der Waals surface area contributed by atoms with Crippen LogP contribution in [-0.2, 0) is 16.7 Å². The minimum Gasteiger partial charge on any atom is -0.367 e. The van der Waals surface area contributed by atoms with Crippen molar-refractivity contribution in [1.82, 2.24) is 5.32 Å². The van der Waals surface area contributed by atoms with Gasteiger partial charge in [-0.1, -0.05) is 12.1 Å². The first-order chi connectivity index (χ1) is 8.31. The van der Waals surface area contributed by atoms with Crippen LogP contribution in [0, 0.1) is 0 Å². The Morgan fingerprint density at radius 2 is 2.06 bits per heavy atom. The van der Waals surface area contributed by atoms with Crippen molar-refractivity contribution in [3.8, 4) is 0 Å². The van der Waals surface area contributed by atoms with Crippen LogP contribution in [0.5, 0.6) is 0 Å². The molecule has 3 nitrogen and oxygen atoms in total. The Morgan fingerprint density at radius 3 is 2.67 bits per heavy atom. The minimum absolute atomic E-state index is 0.0605. The number of benzene rings is 1. The van der Waals surface area contributed by atoms with E-state index in [-0.39, 0.29) is 24.3 Å². The van der Waals surface area contributed by atoms with Crippen LogP contribution in [0.3, 0.4) is 0 Å². The van der Waals surface area contributed by atoms with Crippen LogP contribution in [0.15, 0.2) is 24.3 Å². The Kier molecular flexibility index (Phi) is 3.06. The van der Waals surface area contributed by atoms with Gasteiger partial charge in [-0.25, -0.2) is 0 Å². The molecule has 1 saturated heterocycles. The Labute approximate surface area is 102 Å². The van der Waals surface area contributed by atoms with Crippen LogP contribution >= 0.6 is 0 Å². The quantitative estimate of drug-likeness (QED) is 0.811. The lowest BCUT2D eigenvalue weighted by molar-refractivity contribution is -0.138. The second-order valence-electron chi connectivity index (χ2n) is 4.34. The molecule has 1 aliphatic heterocycles. The molecule has 2 N–H and O–H groups in total. The lowest BCUT2D eigenvalue weighted by Gasteiger charge is -2.33. The largest absolute Gasteiger partial charge is 0.416 e. The van der Waals surface area contributed by atoms with Crippen molar-refractivity contribution in [2.75, 3.05) is 0 Å². The average Bonchev–Trinajstić information content (AvgIpc) is 2.28. The summed E-state index contributed by atoms with van der Waals surface area (Å²) in [4.78, 5) is 11.2. The summed E-state index contributed by atoms with van der Waals surface area (Å²) in [6.45, 7) is 0. The fourth-order valence-electron chi connectivity index (χ4n) is 2.03. The second-order valence-corrected chi connectivity index (χ2v) is 4.34. The number of carbonyl (C=O) groups excluding carboxylic acids is 1. The fourth-order valence-corrected chi connectivity index (χ4v) is 2.03. The molecule has 0 spiro atoms. The van der Waals surface area contributed by atoms with Crippen molar-refractivity contribution in [1.29, 1.82) is 0 Å². The van der Waals surface area contributed by atoms with Crippen molar-refractivity contribution >= 4 is 5.91 Å². The Balaban J connectivity index is 2.36. The van der Waals surface area contributed by atoms with E-state index in [0.717, 1.165) is 12.1 Å². The van der Waals surface area contributed by atoms with Gasteiger partial charge in [-0.3, -0.25) is 4.79 Å². The van der Waals surface area contributed by atoms with E-state index in [4.69, 9.17) is 0 Å². The molecular weight excluding hydrogens is 247 g/mol. The van der Waals surface area contributed by atoms with Crippen LogP contribution in [0.2, 0.25) is 0 Å². The third-order valence-electron chi connectivity index (χ3n) is 2.96. The van der Waals surface area contributed by atoms with Crippen molar-refractivity contribution in [3.05, 3.63) is 35.4 Å². The van der Waals surface area contributed by atoms with Gasteiger partial charge in [0.05, 0.1) is 5.56 Å². The van der Waals surface area contributed by atoms with Crippen LogP contribution in [-0.4, -0.2) is 11.0 Å². The topological polar surface area (TPSA) is 49.3 Å². The van der Waals surface area contributed by atoms with Gasteiger partial charge in [-0.2, -0.15) is 13.2 Å². The van der Waals surface area contributed by atoms with Gasteiger partial charge in [0.2, 0.25) is 5.91 Å². The standard InChI is InChI=1S/C12H12F3NO2/c13-12(14,15)9-4-1-3-8(7-9)11(18)6-2-5-10(17)16-11/h1,3-4,7,18H,2,5-6H2,(H,16,17). The summed E-state index contributed by atoms with van der Waals surface area (Å²) in [6.07, 6.45) is -3.54. The summed E-state index contributed by atoms with van der Waals surface area (Å²) in [5.74, 6) is -0.360. The van der Waals surface area contributed by atoms with E-state index in [0.29, 0.717) is 6.42 Å². The first-order valence-corrected chi connectivity index (χ1v) is 5.52. The molecule has 0 radical (unpaired) electrons. The van der Waals surface area contributed by atoms with Crippen molar-refractivity contribution in [2.45, 2.75) is 31.2 Å². The molecule has 1 aliphatic rings. The molecule has 1 unspecified atom stereocenters. The van der Waals surface area contributed by atoms with Crippen molar-refractivity contribution in [3.63, 3.8) is 0 Å². The van der Waals surface area contributed by atoms with Gasteiger partial charge in [0.1, 0.15) is 0 Å². The highest BCUT2D eigenvalue weighted by molar-refractivity contribution is 5.77. The van der Waals surface area contributed by atoms with Crippen LogP contribution in [0.25, 0.3) is 0 Å². The maximum absolute atomic E-state index is 12.6. The number of amides is 1. The number of hydrogen-bond acceptors (Lipinski definition) is 2. The predicted molar refractivity (Wildman–Crippen MR) is 57.3 cm³/mol. The molecule has 1 amide bonds. The molecule has 1 aromatic rings. The number of carbonyl (C=O) groups is 1. The molecule has 0 aliphatic carbocycles. The van der Waals surface area contributed by atoms with Gasteiger partial charge in [0, 0.05) is 12.0 Å². The van der Waals surface area contributed by atoms with Gasteiger partial charge >= 0.3 is 6.18 Å². The third kappa shape index (κ3) is 2.48. The number of nitrogens with one attached hydrogen (secondary N) is 1. The number of piperidine rings is 1. The van der Waals surface area contributed by atoms with Crippen LogP contribution < -0.4 is 5.32 Å². The molecular formula is C12H12F3NO2.